The molecule has 3 aromatic rings. The summed E-state index contributed by atoms with van der Waals surface area (Å²) < 4.78 is 7.32. The molecule has 0 saturated carbocycles. The number of carbonyl (C=O) groups excluding carboxylic acids is 1. The lowest BCUT2D eigenvalue weighted by Crippen LogP contribution is -2.08. The lowest BCUT2D eigenvalue weighted by atomic mass is 10.2. The lowest BCUT2D eigenvalue weighted by molar-refractivity contribution is 0.0343. The monoisotopic (exact) mass is 355 g/mol. The molecule has 6 heteroatoms. The fraction of sp³-hybridized carbons (Fsp3) is 0.316. The molecular formula is C19H21N3O2S. The molecule has 130 valence electrons. The maximum absolute atomic E-state index is 12.5. The van der Waals surface area contributed by atoms with Crippen molar-refractivity contribution in [2.45, 2.75) is 40.2 Å². The molecule has 25 heavy (non-hydrogen) atoms. The number of thiazole rings is 1. The van der Waals surface area contributed by atoms with Crippen LogP contribution in [-0.4, -0.2) is 20.7 Å². The second-order valence-corrected chi connectivity index (χ2v) is 7.03. The zero-order chi connectivity index (χ0) is 18.0. The summed E-state index contributed by atoms with van der Waals surface area (Å²) in [4.78, 5) is 17.9. The highest BCUT2D eigenvalue weighted by atomic mass is 32.1. The Bertz CT molecular complexity index is 898. The predicted octanol–water partition coefficient (Wildman–Crippen LogP) is 4.43. The number of rotatable bonds is 5. The van der Waals surface area contributed by atoms with Gasteiger partial charge in [0.25, 0.3) is 0 Å². The molecule has 0 aliphatic carbocycles. The van der Waals surface area contributed by atoms with E-state index in [2.05, 4.69) is 17.0 Å². The highest BCUT2D eigenvalue weighted by Gasteiger charge is 2.20. The minimum atomic E-state index is -0.377. The van der Waals surface area contributed by atoms with Crippen LogP contribution in [0.25, 0.3) is 5.69 Å². The molecule has 0 fully saturated rings. The first-order chi connectivity index (χ1) is 12.0. The van der Waals surface area contributed by atoms with Gasteiger partial charge in [-0.1, -0.05) is 25.1 Å². The molecule has 0 saturated heterocycles. The second kappa shape index (κ2) is 7.19. The number of para-hydroxylation sites is 1. The normalized spacial score (nSPS) is 12.2. The number of aryl methyl sites for hydroxylation is 3. The average Bonchev–Trinajstić information content (AvgIpc) is 3.22. The highest BCUT2D eigenvalue weighted by molar-refractivity contribution is 7.11. The lowest BCUT2D eigenvalue weighted by Gasteiger charge is -2.11. The number of aromatic nitrogens is 3. The number of hydrogen-bond acceptors (Lipinski definition) is 5. The summed E-state index contributed by atoms with van der Waals surface area (Å²) in [6, 6.07) is 7.89. The third-order valence-corrected chi connectivity index (χ3v) is 5.48. The summed E-state index contributed by atoms with van der Waals surface area (Å²) in [5.74, 6) is -0.377. The standard InChI is InChI=1S/C19H21N3O2S/c1-5-17-21-13(3)18(25-17)14(4)24-19(23)15-10-20-22(11-15)16-9-7-6-8-12(16)2/h6-11,14H,5H2,1-4H3. The Morgan fingerprint density at radius 1 is 1.32 bits per heavy atom. The van der Waals surface area contributed by atoms with Gasteiger partial charge in [-0.05, 0) is 38.8 Å². The minimum absolute atomic E-state index is 0.327. The van der Waals surface area contributed by atoms with E-state index < -0.39 is 0 Å². The fourth-order valence-corrected chi connectivity index (χ4v) is 3.64. The summed E-state index contributed by atoms with van der Waals surface area (Å²) in [5.41, 5.74) is 3.40. The Labute approximate surface area is 151 Å². The largest absolute Gasteiger partial charge is 0.453 e. The molecule has 0 N–H and O–H groups in total. The van der Waals surface area contributed by atoms with Gasteiger partial charge in [-0.15, -0.1) is 11.3 Å². The smallest absolute Gasteiger partial charge is 0.341 e. The van der Waals surface area contributed by atoms with Crippen LogP contribution in [-0.2, 0) is 11.2 Å². The van der Waals surface area contributed by atoms with Gasteiger partial charge in [-0.3, -0.25) is 0 Å². The number of esters is 1. The number of ether oxygens (including phenoxy) is 1. The van der Waals surface area contributed by atoms with E-state index in [1.54, 1.807) is 28.4 Å². The molecule has 0 bridgehead atoms. The van der Waals surface area contributed by atoms with Crippen LogP contribution in [0.15, 0.2) is 36.7 Å². The van der Waals surface area contributed by atoms with Gasteiger partial charge in [-0.2, -0.15) is 5.10 Å². The Hall–Kier alpha value is -2.47. The quantitative estimate of drug-likeness (QED) is 0.636. The molecule has 0 aliphatic rings. The van der Waals surface area contributed by atoms with E-state index in [0.717, 1.165) is 33.3 Å². The Morgan fingerprint density at radius 2 is 2.08 bits per heavy atom. The summed E-state index contributed by atoms with van der Waals surface area (Å²) >= 11 is 1.60. The van der Waals surface area contributed by atoms with Crippen LogP contribution in [0.3, 0.4) is 0 Å². The zero-order valence-electron chi connectivity index (χ0n) is 14.8. The van der Waals surface area contributed by atoms with Gasteiger partial charge >= 0.3 is 5.97 Å². The van der Waals surface area contributed by atoms with E-state index in [1.165, 1.54) is 0 Å². The second-order valence-electron chi connectivity index (χ2n) is 5.92. The van der Waals surface area contributed by atoms with Crippen molar-refractivity contribution in [1.29, 1.82) is 0 Å². The molecule has 2 heterocycles. The molecule has 0 aliphatic heterocycles. The van der Waals surface area contributed by atoms with Gasteiger partial charge in [0, 0.05) is 6.20 Å². The molecule has 1 atom stereocenters. The Morgan fingerprint density at radius 3 is 2.76 bits per heavy atom. The number of hydrogen-bond donors (Lipinski definition) is 0. The van der Waals surface area contributed by atoms with E-state index in [9.17, 15) is 4.79 Å². The average molecular weight is 355 g/mol. The Balaban J connectivity index is 1.76. The van der Waals surface area contributed by atoms with Crippen LogP contribution in [0.1, 0.15) is 51.5 Å². The zero-order valence-corrected chi connectivity index (χ0v) is 15.6. The number of carbonyl (C=O) groups is 1. The van der Waals surface area contributed by atoms with Crippen molar-refractivity contribution in [1.82, 2.24) is 14.8 Å². The van der Waals surface area contributed by atoms with Crippen LogP contribution in [0.5, 0.6) is 0 Å². The van der Waals surface area contributed by atoms with Crippen LogP contribution in [0.2, 0.25) is 0 Å². The van der Waals surface area contributed by atoms with E-state index in [1.807, 2.05) is 45.0 Å². The van der Waals surface area contributed by atoms with Gasteiger partial charge in [-0.25, -0.2) is 14.5 Å². The molecule has 2 aromatic heterocycles. The van der Waals surface area contributed by atoms with Crippen molar-refractivity contribution in [3.8, 4) is 5.69 Å². The van der Waals surface area contributed by atoms with Crippen LogP contribution < -0.4 is 0 Å². The van der Waals surface area contributed by atoms with Crippen molar-refractivity contribution in [3.05, 3.63) is 63.4 Å². The van der Waals surface area contributed by atoms with Crippen LogP contribution in [0, 0.1) is 13.8 Å². The van der Waals surface area contributed by atoms with E-state index >= 15 is 0 Å². The summed E-state index contributed by atoms with van der Waals surface area (Å²) in [7, 11) is 0. The van der Waals surface area contributed by atoms with Gasteiger partial charge < -0.3 is 4.74 Å². The maximum Gasteiger partial charge on any atom is 0.341 e. The molecule has 1 unspecified atom stereocenters. The topological polar surface area (TPSA) is 57.0 Å². The van der Waals surface area contributed by atoms with E-state index in [-0.39, 0.29) is 12.1 Å². The van der Waals surface area contributed by atoms with Gasteiger partial charge in [0.15, 0.2) is 0 Å². The first-order valence-electron chi connectivity index (χ1n) is 8.27. The molecule has 3 rings (SSSR count). The van der Waals surface area contributed by atoms with Crippen LogP contribution in [0.4, 0.5) is 0 Å². The van der Waals surface area contributed by atoms with Crippen molar-refractivity contribution in [2.24, 2.45) is 0 Å². The predicted molar refractivity (Wildman–Crippen MR) is 98.4 cm³/mol. The first kappa shape index (κ1) is 17.4. The van der Waals surface area contributed by atoms with Crippen LogP contribution >= 0.6 is 11.3 Å². The van der Waals surface area contributed by atoms with E-state index in [0.29, 0.717) is 5.56 Å². The summed E-state index contributed by atoms with van der Waals surface area (Å²) in [6.45, 7) is 7.91. The molecule has 5 nitrogen and oxygen atoms in total. The SMILES string of the molecule is CCc1nc(C)c(C(C)OC(=O)c2cnn(-c3ccccc3C)c2)s1. The highest BCUT2D eigenvalue weighted by Crippen LogP contribution is 2.28. The summed E-state index contributed by atoms with van der Waals surface area (Å²) in [6.07, 6.45) is 3.80. The van der Waals surface area contributed by atoms with Gasteiger partial charge in [0.05, 0.1) is 33.0 Å². The third-order valence-electron chi connectivity index (χ3n) is 4.01. The molecule has 0 amide bonds. The molecule has 1 aromatic carbocycles. The van der Waals surface area contributed by atoms with Crippen molar-refractivity contribution < 1.29 is 9.53 Å². The van der Waals surface area contributed by atoms with Gasteiger partial charge in [0.2, 0.25) is 0 Å². The molecule has 0 spiro atoms. The number of nitrogens with zero attached hydrogens (tertiary/aromatic N) is 3. The molecule has 0 radical (unpaired) electrons. The maximum atomic E-state index is 12.5. The fourth-order valence-electron chi connectivity index (χ4n) is 2.66. The van der Waals surface area contributed by atoms with Crippen molar-refractivity contribution in [2.75, 3.05) is 0 Å². The first-order valence-corrected chi connectivity index (χ1v) is 9.09. The summed E-state index contributed by atoms with van der Waals surface area (Å²) in [5, 5.41) is 5.35. The molecular weight excluding hydrogens is 334 g/mol. The van der Waals surface area contributed by atoms with E-state index in [4.69, 9.17) is 4.74 Å². The minimum Gasteiger partial charge on any atom is -0.453 e. The Kier molecular flexibility index (Phi) is 4.99. The third kappa shape index (κ3) is 3.64. The number of benzene rings is 1. The van der Waals surface area contributed by atoms with Crippen molar-refractivity contribution >= 4 is 17.3 Å². The van der Waals surface area contributed by atoms with Gasteiger partial charge in [0.1, 0.15) is 6.10 Å². The van der Waals surface area contributed by atoms with Crippen molar-refractivity contribution in [3.63, 3.8) is 0 Å².